The minimum absolute atomic E-state index is 0.393. The number of aromatic nitrogens is 5. The molecule has 0 saturated carbocycles. The standard InChI is InChI=1S/C28H32N8O/c1-20-4-3-5-24(32-20)28-31-13-11-26(35-28)33-25-10-12-30-27(34-25)16-21-6-8-22(9-7-21)17-36-15-14-29-23(18-36)19-37-2/h3-13,23,29H,14-19H2,1-2H3,(H,30,31,33,34,35)/t23-/m1/s1. The van der Waals surface area contributed by atoms with E-state index in [-0.39, 0.29) is 0 Å². The van der Waals surface area contributed by atoms with Gasteiger partial charge in [-0.15, -0.1) is 0 Å². The monoisotopic (exact) mass is 496 g/mol. The quantitative estimate of drug-likeness (QED) is 0.361. The van der Waals surface area contributed by atoms with Gasteiger partial charge in [-0.25, -0.2) is 24.9 Å². The first-order valence-electron chi connectivity index (χ1n) is 12.5. The average molecular weight is 497 g/mol. The van der Waals surface area contributed by atoms with Gasteiger partial charge in [-0.3, -0.25) is 4.90 Å². The molecule has 9 nitrogen and oxygen atoms in total. The van der Waals surface area contributed by atoms with Crippen LogP contribution in [-0.2, 0) is 17.7 Å². The van der Waals surface area contributed by atoms with Gasteiger partial charge in [-0.1, -0.05) is 30.3 Å². The van der Waals surface area contributed by atoms with Gasteiger partial charge in [-0.2, -0.15) is 0 Å². The number of methoxy groups -OCH3 is 1. The number of hydrogen-bond donors (Lipinski definition) is 2. The van der Waals surface area contributed by atoms with Gasteiger partial charge < -0.3 is 15.4 Å². The lowest BCUT2D eigenvalue weighted by Crippen LogP contribution is -2.52. The van der Waals surface area contributed by atoms with E-state index in [1.807, 2.05) is 37.3 Å². The van der Waals surface area contributed by atoms with E-state index >= 15 is 0 Å². The Balaban J connectivity index is 1.20. The second kappa shape index (κ2) is 12.0. The zero-order valence-electron chi connectivity index (χ0n) is 21.3. The first kappa shape index (κ1) is 24.9. The maximum atomic E-state index is 5.31. The molecule has 1 fully saturated rings. The molecule has 0 spiro atoms. The number of piperazine rings is 1. The molecule has 0 aliphatic carbocycles. The van der Waals surface area contributed by atoms with Crippen LogP contribution < -0.4 is 10.6 Å². The number of nitrogens with zero attached hydrogens (tertiary/aromatic N) is 6. The van der Waals surface area contributed by atoms with E-state index in [1.165, 1.54) is 11.1 Å². The zero-order valence-corrected chi connectivity index (χ0v) is 21.3. The third kappa shape index (κ3) is 6.91. The molecular formula is C28H32N8O. The van der Waals surface area contributed by atoms with Gasteiger partial charge in [0.2, 0.25) is 0 Å². The largest absolute Gasteiger partial charge is 0.383 e. The summed E-state index contributed by atoms with van der Waals surface area (Å²) in [4.78, 5) is 25.1. The molecular weight excluding hydrogens is 464 g/mol. The van der Waals surface area contributed by atoms with Gasteiger partial charge in [0, 0.05) is 63.8 Å². The van der Waals surface area contributed by atoms with Gasteiger partial charge >= 0.3 is 0 Å². The summed E-state index contributed by atoms with van der Waals surface area (Å²) in [6, 6.07) is 18.6. The summed E-state index contributed by atoms with van der Waals surface area (Å²) in [5.41, 5.74) is 4.14. The molecule has 1 aromatic carbocycles. The number of rotatable bonds is 9. The topological polar surface area (TPSA) is 101 Å². The lowest BCUT2D eigenvalue weighted by Gasteiger charge is -2.33. The van der Waals surface area contributed by atoms with Gasteiger partial charge in [-0.05, 0) is 42.3 Å². The molecule has 9 heteroatoms. The van der Waals surface area contributed by atoms with E-state index in [9.17, 15) is 0 Å². The van der Waals surface area contributed by atoms with E-state index in [4.69, 9.17) is 9.72 Å². The van der Waals surface area contributed by atoms with Gasteiger partial charge in [0.25, 0.3) is 0 Å². The van der Waals surface area contributed by atoms with Crippen LogP contribution in [0.25, 0.3) is 11.5 Å². The summed E-state index contributed by atoms with van der Waals surface area (Å²) in [5.74, 6) is 2.66. The molecule has 1 aliphatic rings. The first-order valence-corrected chi connectivity index (χ1v) is 12.5. The normalized spacial score (nSPS) is 16.0. The Kier molecular flexibility index (Phi) is 8.05. The van der Waals surface area contributed by atoms with Crippen molar-refractivity contribution >= 4 is 11.6 Å². The number of anilines is 2. The van der Waals surface area contributed by atoms with Crippen molar-refractivity contribution in [2.75, 3.05) is 38.7 Å². The molecule has 1 aliphatic heterocycles. The lowest BCUT2D eigenvalue weighted by atomic mass is 10.1. The molecule has 1 atom stereocenters. The zero-order chi connectivity index (χ0) is 25.5. The van der Waals surface area contributed by atoms with E-state index in [0.29, 0.717) is 29.9 Å². The second-order valence-electron chi connectivity index (χ2n) is 9.25. The van der Waals surface area contributed by atoms with Crippen LogP contribution in [0.3, 0.4) is 0 Å². The van der Waals surface area contributed by atoms with E-state index in [1.54, 1.807) is 19.5 Å². The fourth-order valence-corrected chi connectivity index (χ4v) is 4.46. The van der Waals surface area contributed by atoms with Crippen LogP contribution in [0.5, 0.6) is 0 Å². The van der Waals surface area contributed by atoms with Crippen LogP contribution in [0.1, 0.15) is 22.6 Å². The van der Waals surface area contributed by atoms with Crippen molar-refractivity contribution in [1.82, 2.24) is 35.1 Å². The summed E-state index contributed by atoms with van der Waals surface area (Å²) in [5, 5.41) is 6.78. The minimum Gasteiger partial charge on any atom is -0.383 e. The third-order valence-corrected chi connectivity index (χ3v) is 6.23. The van der Waals surface area contributed by atoms with Crippen molar-refractivity contribution in [2.24, 2.45) is 0 Å². The molecule has 0 unspecified atom stereocenters. The van der Waals surface area contributed by atoms with Crippen molar-refractivity contribution in [3.8, 4) is 11.5 Å². The van der Waals surface area contributed by atoms with E-state index in [0.717, 1.165) is 50.0 Å². The first-order chi connectivity index (χ1) is 18.1. The van der Waals surface area contributed by atoms with Crippen LogP contribution in [0.2, 0.25) is 0 Å². The molecule has 2 N–H and O–H groups in total. The van der Waals surface area contributed by atoms with Crippen LogP contribution in [0.15, 0.2) is 67.0 Å². The second-order valence-corrected chi connectivity index (χ2v) is 9.25. The predicted molar refractivity (Wildman–Crippen MR) is 144 cm³/mol. The molecule has 37 heavy (non-hydrogen) atoms. The van der Waals surface area contributed by atoms with Gasteiger partial charge in [0.15, 0.2) is 5.82 Å². The van der Waals surface area contributed by atoms with Crippen molar-refractivity contribution in [3.63, 3.8) is 0 Å². The summed E-state index contributed by atoms with van der Waals surface area (Å²) in [6.07, 6.45) is 4.14. The van der Waals surface area contributed by atoms with Gasteiger partial charge in [0.1, 0.15) is 23.2 Å². The Bertz CT molecular complexity index is 1310. The van der Waals surface area contributed by atoms with Crippen LogP contribution in [0.4, 0.5) is 11.6 Å². The molecule has 1 saturated heterocycles. The molecule has 4 heterocycles. The Labute approximate surface area is 217 Å². The maximum absolute atomic E-state index is 5.31. The number of aryl methyl sites for hydroxylation is 1. The molecule has 0 amide bonds. The van der Waals surface area contributed by atoms with Crippen molar-refractivity contribution in [1.29, 1.82) is 0 Å². The molecule has 190 valence electrons. The van der Waals surface area contributed by atoms with Crippen LogP contribution >= 0.6 is 0 Å². The summed E-state index contributed by atoms with van der Waals surface area (Å²) in [6.45, 7) is 6.67. The predicted octanol–water partition coefficient (Wildman–Crippen LogP) is 3.39. The Morgan fingerprint density at radius 2 is 1.73 bits per heavy atom. The highest BCUT2D eigenvalue weighted by atomic mass is 16.5. The smallest absolute Gasteiger partial charge is 0.180 e. The lowest BCUT2D eigenvalue weighted by molar-refractivity contribution is 0.112. The molecule has 3 aromatic heterocycles. The fourth-order valence-electron chi connectivity index (χ4n) is 4.46. The van der Waals surface area contributed by atoms with Gasteiger partial charge in [0.05, 0.1) is 6.61 Å². The fraction of sp³-hybridized carbons (Fsp3) is 0.321. The Morgan fingerprint density at radius 3 is 2.54 bits per heavy atom. The molecule has 0 bridgehead atoms. The number of pyridine rings is 1. The highest BCUT2D eigenvalue weighted by Crippen LogP contribution is 2.18. The summed E-state index contributed by atoms with van der Waals surface area (Å²) < 4.78 is 5.31. The SMILES string of the molecule is COC[C@H]1CN(Cc2ccc(Cc3nccc(Nc4ccnc(-c5cccc(C)n5)n4)n3)cc2)CCN1. The number of benzene rings is 1. The highest BCUT2D eigenvalue weighted by Gasteiger charge is 2.19. The summed E-state index contributed by atoms with van der Waals surface area (Å²) >= 11 is 0. The van der Waals surface area contributed by atoms with E-state index < -0.39 is 0 Å². The van der Waals surface area contributed by atoms with Crippen molar-refractivity contribution in [2.45, 2.75) is 25.9 Å². The number of nitrogens with one attached hydrogen (secondary N) is 2. The Hall–Kier alpha value is -3.79. The van der Waals surface area contributed by atoms with E-state index in [2.05, 4.69) is 59.7 Å². The van der Waals surface area contributed by atoms with Crippen molar-refractivity contribution in [3.05, 3.63) is 89.6 Å². The highest BCUT2D eigenvalue weighted by molar-refractivity contribution is 5.56. The number of ether oxygens (including phenoxy) is 1. The van der Waals surface area contributed by atoms with Crippen LogP contribution in [0, 0.1) is 6.92 Å². The van der Waals surface area contributed by atoms with Crippen LogP contribution in [-0.4, -0.2) is 69.2 Å². The van der Waals surface area contributed by atoms with Crippen molar-refractivity contribution < 1.29 is 4.74 Å². The average Bonchev–Trinajstić information content (AvgIpc) is 2.91. The maximum Gasteiger partial charge on any atom is 0.180 e. The minimum atomic E-state index is 0.393. The number of hydrogen-bond acceptors (Lipinski definition) is 9. The summed E-state index contributed by atoms with van der Waals surface area (Å²) in [7, 11) is 1.75. The third-order valence-electron chi connectivity index (χ3n) is 6.23. The molecule has 4 aromatic rings. The molecule has 5 rings (SSSR count). The Morgan fingerprint density at radius 1 is 0.946 bits per heavy atom. The molecule has 0 radical (unpaired) electrons.